The summed E-state index contributed by atoms with van der Waals surface area (Å²) in [5.74, 6) is -3.15. The number of quaternary nitrogens is 1. The SMILES string of the molecule is NC(=O)C(CCCC(=O)O)NC(=O)C(CCC(=O)O)[N+]12CC1C1C=C(C=C(c3ccccc3)O1)CCC2=O. The molecule has 1 aromatic rings. The van der Waals surface area contributed by atoms with E-state index in [9.17, 15) is 29.1 Å². The van der Waals surface area contributed by atoms with Crippen LogP contribution in [-0.4, -0.2) is 75.1 Å². The minimum absolute atomic E-state index is 0.0134. The predicted molar refractivity (Wildman–Crippen MR) is 134 cm³/mol. The zero-order chi connectivity index (χ0) is 27.4. The first kappa shape index (κ1) is 27.1. The highest BCUT2D eigenvalue weighted by Gasteiger charge is 2.70. The lowest BCUT2D eigenvalue weighted by atomic mass is 9.97. The Labute approximate surface area is 219 Å². The number of carboxylic acids is 2. The first-order valence-electron chi connectivity index (χ1n) is 12.7. The molecule has 3 aliphatic rings. The minimum atomic E-state index is -1.14. The van der Waals surface area contributed by atoms with Gasteiger partial charge in [0, 0.05) is 18.4 Å². The number of carbonyl (C=O) groups excluding carboxylic acids is 3. The molecule has 5 atom stereocenters. The van der Waals surface area contributed by atoms with Gasteiger partial charge in [-0.15, -0.1) is 0 Å². The second-order valence-electron chi connectivity index (χ2n) is 9.97. The molecular weight excluding hydrogens is 494 g/mol. The van der Waals surface area contributed by atoms with Crippen molar-refractivity contribution in [3.8, 4) is 0 Å². The zero-order valence-corrected chi connectivity index (χ0v) is 20.9. The third-order valence-corrected chi connectivity index (χ3v) is 7.47. The van der Waals surface area contributed by atoms with E-state index in [1.807, 2.05) is 42.5 Å². The standard InChI is InChI=1S/C27H31N3O8/c28-26(36)18(7-4-8-24(32)33)29-27(37)19(10-12-25(34)35)30-15-20(30)22-14-16(9-11-23(30)31)13-21(38-22)17-5-2-1-3-6-17/h1-3,5-6,13-14,18-20,22H,4,7-12,15H2,(H4-,28,29,32,33,34,35,36,37)/p+1. The molecule has 0 radical (unpaired) electrons. The average molecular weight is 527 g/mol. The van der Waals surface area contributed by atoms with Gasteiger partial charge in [0.05, 0.1) is 12.8 Å². The number of hydrogen-bond acceptors (Lipinski definition) is 6. The number of aliphatic carboxylic acids is 2. The molecule has 11 heteroatoms. The Hall–Kier alpha value is -3.99. The van der Waals surface area contributed by atoms with E-state index in [0.717, 1.165) is 11.1 Å². The number of nitrogens with zero attached hydrogens (tertiary/aromatic N) is 1. The fraction of sp³-hybridized carbons (Fsp3) is 0.444. The fourth-order valence-corrected chi connectivity index (χ4v) is 5.49. The summed E-state index contributed by atoms with van der Waals surface area (Å²) in [6.45, 7) is 0.299. The van der Waals surface area contributed by atoms with Gasteiger partial charge in [-0.3, -0.25) is 19.2 Å². The average Bonchev–Trinajstić information content (AvgIpc) is 3.62. The molecule has 2 bridgehead atoms. The molecule has 0 saturated carbocycles. The Morgan fingerprint density at radius 1 is 1.05 bits per heavy atom. The molecule has 11 nitrogen and oxygen atoms in total. The largest absolute Gasteiger partial charge is 0.481 e. The molecule has 5 unspecified atom stereocenters. The van der Waals surface area contributed by atoms with Crippen LogP contribution in [0.25, 0.3) is 5.76 Å². The maximum Gasteiger partial charge on any atom is 0.315 e. The Bertz CT molecular complexity index is 1190. The summed E-state index contributed by atoms with van der Waals surface area (Å²) in [7, 11) is 0. The molecule has 1 fully saturated rings. The van der Waals surface area contributed by atoms with Gasteiger partial charge >= 0.3 is 17.8 Å². The number of allylic oxidation sites excluding steroid dienone is 2. The predicted octanol–water partition coefficient (Wildman–Crippen LogP) is 1.33. The van der Waals surface area contributed by atoms with E-state index in [-0.39, 0.29) is 48.9 Å². The van der Waals surface area contributed by atoms with Gasteiger partial charge < -0.3 is 26.0 Å². The van der Waals surface area contributed by atoms with Crippen LogP contribution in [0.5, 0.6) is 0 Å². The molecule has 3 heterocycles. The summed E-state index contributed by atoms with van der Waals surface area (Å²) in [4.78, 5) is 61.4. The smallest absolute Gasteiger partial charge is 0.315 e. The van der Waals surface area contributed by atoms with Gasteiger partial charge in [-0.2, -0.15) is 0 Å². The van der Waals surface area contributed by atoms with Crippen LogP contribution in [0.1, 0.15) is 50.5 Å². The van der Waals surface area contributed by atoms with Crippen molar-refractivity contribution < 1.29 is 43.4 Å². The summed E-state index contributed by atoms with van der Waals surface area (Å²) in [5.41, 5.74) is 7.31. The zero-order valence-electron chi connectivity index (χ0n) is 20.9. The van der Waals surface area contributed by atoms with Crippen molar-refractivity contribution in [3.63, 3.8) is 0 Å². The van der Waals surface area contributed by atoms with E-state index in [2.05, 4.69) is 5.32 Å². The second kappa shape index (κ2) is 11.2. The number of nitrogens with one attached hydrogen (secondary N) is 1. The van der Waals surface area contributed by atoms with Crippen LogP contribution in [0.15, 0.2) is 48.1 Å². The number of carboxylic acid groups (broad SMARTS) is 2. The molecule has 4 rings (SSSR count). The van der Waals surface area contributed by atoms with E-state index in [1.54, 1.807) is 0 Å². The molecule has 3 amide bonds. The Morgan fingerprint density at radius 2 is 1.76 bits per heavy atom. The highest BCUT2D eigenvalue weighted by atomic mass is 16.5. The lowest BCUT2D eigenvalue weighted by molar-refractivity contribution is -0.756. The van der Waals surface area contributed by atoms with E-state index in [0.29, 0.717) is 18.7 Å². The van der Waals surface area contributed by atoms with Crippen molar-refractivity contribution >= 4 is 35.4 Å². The number of carbonyl (C=O) groups is 5. The number of amides is 3. The first-order valence-corrected chi connectivity index (χ1v) is 12.7. The molecule has 3 aliphatic heterocycles. The number of ether oxygens (including phenoxy) is 1. The van der Waals surface area contributed by atoms with Crippen LogP contribution in [0, 0.1) is 0 Å². The first-order chi connectivity index (χ1) is 18.1. The number of benzene rings is 1. The van der Waals surface area contributed by atoms with Gasteiger partial charge in [0.2, 0.25) is 5.91 Å². The maximum absolute atomic E-state index is 13.6. The molecule has 5 N–H and O–H groups in total. The van der Waals surface area contributed by atoms with Gasteiger partial charge in [-0.1, -0.05) is 30.3 Å². The van der Waals surface area contributed by atoms with Crippen molar-refractivity contribution in [3.05, 3.63) is 53.6 Å². The highest BCUT2D eigenvalue weighted by molar-refractivity contribution is 5.90. The Morgan fingerprint density at radius 3 is 2.42 bits per heavy atom. The second-order valence-corrected chi connectivity index (χ2v) is 9.97. The number of nitrogens with two attached hydrogens (primary N) is 1. The van der Waals surface area contributed by atoms with Crippen molar-refractivity contribution in [2.75, 3.05) is 6.54 Å². The van der Waals surface area contributed by atoms with E-state index < -0.39 is 48.0 Å². The van der Waals surface area contributed by atoms with E-state index >= 15 is 0 Å². The summed E-state index contributed by atoms with van der Waals surface area (Å²) in [5, 5.41) is 20.8. The molecule has 0 aliphatic carbocycles. The number of hydrogen-bond donors (Lipinski definition) is 4. The van der Waals surface area contributed by atoms with Gasteiger partial charge in [0.25, 0.3) is 5.91 Å². The van der Waals surface area contributed by atoms with Crippen molar-refractivity contribution in [1.29, 1.82) is 0 Å². The Balaban J connectivity index is 1.58. The summed E-state index contributed by atoms with van der Waals surface area (Å²) < 4.78 is 6.04. The third-order valence-electron chi connectivity index (χ3n) is 7.47. The number of rotatable bonds is 12. The fourth-order valence-electron chi connectivity index (χ4n) is 5.49. The number of primary amides is 1. The molecule has 38 heavy (non-hydrogen) atoms. The lowest BCUT2D eigenvalue weighted by Crippen LogP contribution is -2.58. The molecule has 1 saturated heterocycles. The summed E-state index contributed by atoms with van der Waals surface area (Å²) in [6, 6.07) is 6.96. The summed E-state index contributed by atoms with van der Waals surface area (Å²) >= 11 is 0. The van der Waals surface area contributed by atoms with Gasteiger partial charge in [-0.05, 0) is 37.0 Å². The summed E-state index contributed by atoms with van der Waals surface area (Å²) in [6.07, 6.45) is 3.48. The minimum Gasteiger partial charge on any atom is -0.481 e. The topological polar surface area (TPSA) is 173 Å². The molecule has 202 valence electrons. The van der Waals surface area contributed by atoms with Crippen molar-refractivity contribution in [1.82, 2.24) is 5.32 Å². The van der Waals surface area contributed by atoms with Crippen molar-refractivity contribution in [2.24, 2.45) is 5.73 Å². The monoisotopic (exact) mass is 526 g/mol. The lowest BCUT2D eigenvalue weighted by Gasteiger charge is -2.32. The van der Waals surface area contributed by atoms with Crippen LogP contribution in [-0.2, 0) is 28.7 Å². The van der Waals surface area contributed by atoms with Crippen LogP contribution < -0.4 is 11.1 Å². The molecule has 1 aromatic carbocycles. The van der Waals surface area contributed by atoms with Gasteiger partial charge in [0.1, 0.15) is 18.3 Å². The maximum atomic E-state index is 13.6. The van der Waals surface area contributed by atoms with Crippen LogP contribution in [0.3, 0.4) is 0 Å². The van der Waals surface area contributed by atoms with Crippen LogP contribution in [0.4, 0.5) is 0 Å². The van der Waals surface area contributed by atoms with E-state index in [1.165, 1.54) is 0 Å². The quantitative estimate of drug-likeness (QED) is 0.233. The molecule has 0 aromatic heterocycles. The van der Waals surface area contributed by atoms with Gasteiger partial charge in [0.15, 0.2) is 18.2 Å². The molecule has 0 spiro atoms. The highest BCUT2D eigenvalue weighted by Crippen LogP contribution is 2.46. The molecular formula is C27H32N3O8+. The van der Waals surface area contributed by atoms with Crippen LogP contribution in [0.2, 0.25) is 0 Å². The van der Waals surface area contributed by atoms with Crippen molar-refractivity contribution in [2.45, 2.75) is 69.2 Å². The normalized spacial score (nSPS) is 25.2. The van der Waals surface area contributed by atoms with E-state index in [4.69, 9.17) is 15.6 Å². The Kier molecular flexibility index (Phi) is 7.96. The van der Waals surface area contributed by atoms with Crippen LogP contribution >= 0.6 is 0 Å². The number of fused-ring (bicyclic) bond motifs is 3. The third kappa shape index (κ3) is 5.77. The van der Waals surface area contributed by atoms with Gasteiger partial charge in [-0.25, -0.2) is 9.28 Å².